The first kappa shape index (κ1) is 16.3. The van der Waals surface area contributed by atoms with E-state index in [0.29, 0.717) is 5.75 Å². The van der Waals surface area contributed by atoms with Crippen molar-refractivity contribution in [3.8, 4) is 5.75 Å². The van der Waals surface area contributed by atoms with E-state index in [1.807, 2.05) is 0 Å². The summed E-state index contributed by atoms with van der Waals surface area (Å²) in [7, 11) is 0. The number of hydrogen-bond donors (Lipinski definition) is 0. The third-order valence-corrected chi connectivity index (χ3v) is 3.89. The first-order valence-corrected chi connectivity index (χ1v) is 8.37. The van der Waals surface area contributed by atoms with E-state index in [4.69, 9.17) is 4.18 Å². The van der Waals surface area contributed by atoms with E-state index in [1.165, 1.54) is 43.8 Å². The number of hydrogen-bond acceptors (Lipinski definition) is 4. The van der Waals surface area contributed by atoms with E-state index in [2.05, 4.69) is 15.9 Å². The zero-order valence-electron chi connectivity index (χ0n) is 10.7. The largest absolute Gasteiger partial charge is 0.419 e. The Kier molecular flexibility index (Phi) is 8.66. The molecule has 1 aromatic carbocycles. The molecule has 4 nitrogen and oxygen atoms in total. The molecule has 106 valence electrons. The Morgan fingerprint density at radius 1 is 1.16 bits per heavy atom. The van der Waals surface area contributed by atoms with Crippen LogP contribution in [-0.4, -0.2) is 16.0 Å². The molecule has 0 aromatic heterocycles. The average molecular weight is 348 g/mol. The van der Waals surface area contributed by atoms with Gasteiger partial charge in [-0.25, -0.2) is 0 Å². The van der Waals surface area contributed by atoms with Crippen molar-refractivity contribution in [2.75, 3.05) is 11.1 Å². The number of alkyl halides is 1. The van der Waals surface area contributed by atoms with E-state index < -0.39 is 4.92 Å². The van der Waals surface area contributed by atoms with Crippen LogP contribution in [0.3, 0.4) is 0 Å². The highest BCUT2D eigenvalue weighted by Gasteiger charge is 2.13. The summed E-state index contributed by atoms with van der Waals surface area (Å²) in [6.45, 7) is 0. The van der Waals surface area contributed by atoms with Crippen molar-refractivity contribution in [2.24, 2.45) is 0 Å². The molecule has 0 aliphatic rings. The summed E-state index contributed by atoms with van der Waals surface area (Å²) in [5.74, 6) is 1.19. The van der Waals surface area contributed by atoms with Gasteiger partial charge in [-0.15, -0.1) is 0 Å². The third-order valence-electron chi connectivity index (χ3n) is 2.57. The minimum Gasteiger partial charge on any atom is -0.419 e. The summed E-state index contributed by atoms with van der Waals surface area (Å²) in [6, 6.07) is 6.46. The predicted molar refractivity (Wildman–Crippen MR) is 83.1 cm³/mol. The van der Waals surface area contributed by atoms with Gasteiger partial charge < -0.3 is 4.18 Å². The molecule has 0 unspecified atom stereocenters. The smallest absolute Gasteiger partial charge is 0.312 e. The number of nitro groups is 1. The maximum Gasteiger partial charge on any atom is 0.312 e. The van der Waals surface area contributed by atoms with Crippen molar-refractivity contribution in [3.05, 3.63) is 34.4 Å². The second-order valence-corrected chi connectivity index (χ2v) is 5.69. The number of nitrogens with zero attached hydrogens (tertiary/aromatic N) is 1. The Morgan fingerprint density at radius 3 is 2.58 bits per heavy atom. The third kappa shape index (κ3) is 6.82. The van der Waals surface area contributed by atoms with E-state index >= 15 is 0 Å². The number of halogens is 1. The van der Waals surface area contributed by atoms with Gasteiger partial charge in [0.2, 0.25) is 5.75 Å². The second-order valence-electron chi connectivity index (χ2n) is 4.09. The first-order valence-electron chi connectivity index (χ1n) is 6.34. The lowest BCUT2D eigenvalue weighted by molar-refractivity contribution is -0.385. The predicted octanol–water partition coefficient (Wildman–Crippen LogP) is 4.97. The monoisotopic (exact) mass is 347 g/mol. The van der Waals surface area contributed by atoms with Gasteiger partial charge >= 0.3 is 5.69 Å². The van der Waals surface area contributed by atoms with Gasteiger partial charge in [-0.3, -0.25) is 10.1 Å². The number of unbranched alkanes of at least 4 members (excludes halogenated alkanes) is 4. The maximum absolute atomic E-state index is 10.8. The highest BCUT2D eigenvalue weighted by Crippen LogP contribution is 2.29. The van der Waals surface area contributed by atoms with Crippen LogP contribution in [-0.2, 0) is 0 Å². The number of rotatable bonds is 10. The van der Waals surface area contributed by atoms with Crippen molar-refractivity contribution < 1.29 is 9.11 Å². The lowest BCUT2D eigenvalue weighted by Gasteiger charge is -2.04. The molecule has 0 saturated heterocycles. The molecule has 6 heteroatoms. The molecule has 0 aliphatic heterocycles. The van der Waals surface area contributed by atoms with Crippen LogP contribution < -0.4 is 4.18 Å². The fourth-order valence-corrected chi connectivity index (χ4v) is 2.64. The Morgan fingerprint density at radius 2 is 1.84 bits per heavy atom. The zero-order valence-corrected chi connectivity index (χ0v) is 13.1. The molecule has 0 bridgehead atoms. The topological polar surface area (TPSA) is 52.4 Å². The van der Waals surface area contributed by atoms with Gasteiger partial charge in [0, 0.05) is 17.1 Å². The first-order chi connectivity index (χ1) is 9.25. The molecule has 0 spiro atoms. The molecule has 0 fully saturated rings. The van der Waals surface area contributed by atoms with Crippen LogP contribution in [0.4, 0.5) is 5.69 Å². The SMILES string of the molecule is O=[N+]([O-])c1ccccc1OSCCCCCCCBr. The lowest BCUT2D eigenvalue weighted by Crippen LogP contribution is -1.93. The molecule has 0 heterocycles. The maximum atomic E-state index is 10.8. The Hall–Kier alpha value is -0.750. The van der Waals surface area contributed by atoms with Crippen molar-refractivity contribution in [3.63, 3.8) is 0 Å². The van der Waals surface area contributed by atoms with E-state index in [-0.39, 0.29) is 5.69 Å². The van der Waals surface area contributed by atoms with Gasteiger partial charge in [0.25, 0.3) is 0 Å². The van der Waals surface area contributed by atoms with Gasteiger partial charge in [0.15, 0.2) is 0 Å². The molecule has 0 amide bonds. The van der Waals surface area contributed by atoms with Gasteiger partial charge in [-0.2, -0.15) is 0 Å². The molecule has 19 heavy (non-hydrogen) atoms. The summed E-state index contributed by atoms with van der Waals surface area (Å²) in [4.78, 5) is 10.3. The van der Waals surface area contributed by atoms with Gasteiger partial charge in [0.1, 0.15) is 0 Å². The second kappa shape index (κ2) is 10.1. The molecular formula is C13H18BrNO3S. The van der Waals surface area contributed by atoms with E-state index in [1.54, 1.807) is 18.2 Å². The zero-order chi connectivity index (χ0) is 13.9. The average Bonchev–Trinajstić information content (AvgIpc) is 2.42. The van der Waals surface area contributed by atoms with Gasteiger partial charge in [0.05, 0.1) is 17.0 Å². The van der Waals surface area contributed by atoms with Crippen LogP contribution in [0.2, 0.25) is 0 Å². The standard InChI is InChI=1S/C13H18BrNO3S/c14-10-6-2-1-3-7-11-19-18-13-9-5-4-8-12(13)15(16)17/h4-5,8-9H,1-3,6-7,10-11H2. The summed E-state index contributed by atoms with van der Waals surface area (Å²) in [5, 5.41) is 11.8. The number of benzene rings is 1. The van der Waals surface area contributed by atoms with Crippen molar-refractivity contribution in [1.82, 2.24) is 0 Å². The number of nitro benzene ring substituents is 1. The van der Waals surface area contributed by atoms with Crippen LogP contribution in [0.1, 0.15) is 32.1 Å². The summed E-state index contributed by atoms with van der Waals surface area (Å²) < 4.78 is 5.39. The van der Waals surface area contributed by atoms with Gasteiger partial charge in [-0.05, 0) is 18.9 Å². The Bertz CT molecular complexity index is 390. The minimum absolute atomic E-state index is 0.0207. The molecule has 0 radical (unpaired) electrons. The van der Waals surface area contributed by atoms with Crippen molar-refractivity contribution in [1.29, 1.82) is 0 Å². The summed E-state index contributed by atoms with van der Waals surface area (Å²) in [5.41, 5.74) is 0.0207. The lowest BCUT2D eigenvalue weighted by atomic mass is 10.2. The molecule has 0 atom stereocenters. The van der Waals surface area contributed by atoms with E-state index in [9.17, 15) is 10.1 Å². The number of para-hydroxylation sites is 2. The highest BCUT2D eigenvalue weighted by molar-refractivity contribution is 9.09. The van der Waals surface area contributed by atoms with Crippen LogP contribution in [0.5, 0.6) is 5.75 Å². The minimum atomic E-state index is -0.420. The molecule has 0 N–H and O–H groups in total. The summed E-state index contributed by atoms with van der Waals surface area (Å²) in [6.07, 6.45) is 5.96. The normalized spacial score (nSPS) is 10.4. The summed E-state index contributed by atoms with van der Waals surface area (Å²) >= 11 is 4.70. The Labute approximate surface area is 126 Å². The fraction of sp³-hybridized carbons (Fsp3) is 0.538. The van der Waals surface area contributed by atoms with Crippen LogP contribution in [0.25, 0.3) is 0 Å². The molecule has 0 aliphatic carbocycles. The van der Waals surface area contributed by atoms with Crippen molar-refractivity contribution >= 4 is 33.7 Å². The van der Waals surface area contributed by atoms with Crippen LogP contribution in [0.15, 0.2) is 24.3 Å². The quantitative estimate of drug-likeness (QED) is 0.197. The van der Waals surface area contributed by atoms with Crippen molar-refractivity contribution in [2.45, 2.75) is 32.1 Å². The molecule has 1 aromatic rings. The van der Waals surface area contributed by atoms with Crippen LogP contribution >= 0.6 is 28.0 Å². The molecule has 1 rings (SSSR count). The Balaban J connectivity index is 2.17. The van der Waals surface area contributed by atoms with E-state index in [0.717, 1.165) is 17.5 Å². The molecular weight excluding hydrogens is 330 g/mol. The van der Waals surface area contributed by atoms with Crippen LogP contribution in [0, 0.1) is 10.1 Å². The molecule has 0 saturated carbocycles. The van der Waals surface area contributed by atoms with Gasteiger partial charge in [-0.1, -0.05) is 47.3 Å². The highest BCUT2D eigenvalue weighted by atomic mass is 79.9. The fourth-order valence-electron chi connectivity index (χ4n) is 1.57.